The molecule has 0 aromatic heterocycles. The Kier molecular flexibility index (Phi) is 4.53. The molecule has 5 nitrogen and oxygen atoms in total. The van der Waals surface area contributed by atoms with Gasteiger partial charge in [0.2, 0.25) is 0 Å². The van der Waals surface area contributed by atoms with Crippen LogP contribution in [0.15, 0.2) is 18.2 Å². The molecule has 0 bridgehead atoms. The number of hydrogen-bond acceptors (Lipinski definition) is 4. The highest BCUT2D eigenvalue weighted by atomic mass is 16.5. The van der Waals surface area contributed by atoms with Gasteiger partial charge in [0.05, 0.1) is 13.2 Å². The lowest BCUT2D eigenvalue weighted by molar-refractivity contribution is 0.0342. The Hall–Kier alpha value is -1.43. The summed E-state index contributed by atoms with van der Waals surface area (Å²) in [6.45, 7) is 8.18. The van der Waals surface area contributed by atoms with Crippen LogP contribution >= 0.6 is 0 Å². The minimum Gasteiger partial charge on any atom is -0.379 e. The average Bonchev–Trinajstić information content (AvgIpc) is 2.95. The first-order valence-electron chi connectivity index (χ1n) is 7.66. The van der Waals surface area contributed by atoms with Crippen molar-refractivity contribution in [3.8, 4) is 0 Å². The molecule has 2 aliphatic heterocycles. The van der Waals surface area contributed by atoms with Crippen LogP contribution in [0, 0.1) is 0 Å². The maximum absolute atomic E-state index is 12.3. The maximum Gasteiger partial charge on any atom is 0.251 e. The third-order valence-electron chi connectivity index (χ3n) is 4.11. The Labute approximate surface area is 125 Å². The van der Waals surface area contributed by atoms with Crippen molar-refractivity contribution in [3.05, 3.63) is 34.9 Å². The molecule has 2 N–H and O–H groups in total. The second kappa shape index (κ2) is 6.56. The lowest BCUT2D eigenvalue weighted by atomic mass is 10.1. The molecular formula is C16H23N3O2. The van der Waals surface area contributed by atoms with Gasteiger partial charge in [-0.1, -0.05) is 6.07 Å². The number of morpholine rings is 1. The molecule has 114 valence electrons. The zero-order valence-corrected chi connectivity index (χ0v) is 12.5. The Balaban J connectivity index is 1.55. The lowest BCUT2D eigenvalue weighted by Gasteiger charge is -2.29. The standard InChI is InChI=1S/C16H23N3O2/c1-12(11-19-4-6-21-7-5-19)18-16(20)13-2-3-14-9-17-10-15(14)8-13/h2-3,8,12,17H,4-7,9-11H2,1H3,(H,18,20). The van der Waals surface area contributed by atoms with Crippen molar-refractivity contribution in [3.63, 3.8) is 0 Å². The number of fused-ring (bicyclic) bond motifs is 1. The number of hydrogen-bond donors (Lipinski definition) is 2. The van der Waals surface area contributed by atoms with Crippen LogP contribution in [-0.4, -0.2) is 49.7 Å². The van der Waals surface area contributed by atoms with E-state index in [2.05, 4.69) is 28.5 Å². The van der Waals surface area contributed by atoms with Gasteiger partial charge in [0.1, 0.15) is 0 Å². The van der Waals surface area contributed by atoms with Crippen molar-refractivity contribution in [2.45, 2.75) is 26.1 Å². The topological polar surface area (TPSA) is 53.6 Å². The van der Waals surface area contributed by atoms with Crippen LogP contribution < -0.4 is 10.6 Å². The zero-order chi connectivity index (χ0) is 14.7. The van der Waals surface area contributed by atoms with Crippen LogP contribution in [0.5, 0.6) is 0 Å². The van der Waals surface area contributed by atoms with Crippen molar-refractivity contribution >= 4 is 5.91 Å². The molecule has 2 aliphatic rings. The highest BCUT2D eigenvalue weighted by molar-refractivity contribution is 5.94. The molecule has 1 unspecified atom stereocenters. The van der Waals surface area contributed by atoms with Crippen molar-refractivity contribution in [1.29, 1.82) is 0 Å². The summed E-state index contributed by atoms with van der Waals surface area (Å²) in [5.41, 5.74) is 3.29. The highest BCUT2D eigenvalue weighted by Crippen LogP contribution is 2.17. The van der Waals surface area contributed by atoms with Gasteiger partial charge in [-0.15, -0.1) is 0 Å². The van der Waals surface area contributed by atoms with Crippen LogP contribution in [0.2, 0.25) is 0 Å². The summed E-state index contributed by atoms with van der Waals surface area (Å²) in [6.07, 6.45) is 0. The summed E-state index contributed by atoms with van der Waals surface area (Å²) < 4.78 is 5.34. The first kappa shape index (κ1) is 14.5. The monoisotopic (exact) mass is 289 g/mol. The number of nitrogens with zero attached hydrogens (tertiary/aromatic N) is 1. The van der Waals surface area contributed by atoms with E-state index in [1.165, 1.54) is 11.1 Å². The molecule has 2 heterocycles. The van der Waals surface area contributed by atoms with E-state index >= 15 is 0 Å². The van der Waals surface area contributed by atoms with Gasteiger partial charge in [0.25, 0.3) is 5.91 Å². The van der Waals surface area contributed by atoms with Crippen molar-refractivity contribution in [1.82, 2.24) is 15.5 Å². The molecule has 0 aliphatic carbocycles. The minimum absolute atomic E-state index is 0.0189. The van der Waals surface area contributed by atoms with E-state index in [0.717, 1.165) is 51.5 Å². The Bertz CT molecular complexity index is 512. The first-order chi connectivity index (χ1) is 10.2. The number of ether oxygens (including phenoxy) is 1. The van der Waals surface area contributed by atoms with E-state index in [-0.39, 0.29) is 11.9 Å². The SMILES string of the molecule is CC(CN1CCOCC1)NC(=O)c1ccc2c(c1)CNC2. The summed E-state index contributed by atoms with van der Waals surface area (Å²) in [5, 5.41) is 6.39. The highest BCUT2D eigenvalue weighted by Gasteiger charge is 2.17. The smallest absolute Gasteiger partial charge is 0.251 e. The molecule has 0 spiro atoms. The van der Waals surface area contributed by atoms with Crippen LogP contribution in [0.25, 0.3) is 0 Å². The Morgan fingerprint density at radius 3 is 2.90 bits per heavy atom. The van der Waals surface area contributed by atoms with Gasteiger partial charge in [0.15, 0.2) is 0 Å². The fourth-order valence-corrected chi connectivity index (χ4v) is 2.96. The molecule has 1 aromatic rings. The molecule has 1 fully saturated rings. The van der Waals surface area contributed by atoms with E-state index in [4.69, 9.17) is 4.74 Å². The minimum atomic E-state index is 0.0189. The van der Waals surface area contributed by atoms with Gasteiger partial charge in [-0.25, -0.2) is 0 Å². The third-order valence-corrected chi connectivity index (χ3v) is 4.11. The molecule has 0 radical (unpaired) electrons. The number of nitrogens with one attached hydrogen (secondary N) is 2. The number of carbonyl (C=O) groups is 1. The average molecular weight is 289 g/mol. The van der Waals surface area contributed by atoms with E-state index < -0.39 is 0 Å². The zero-order valence-electron chi connectivity index (χ0n) is 12.5. The summed E-state index contributed by atoms with van der Waals surface area (Å²) in [5.74, 6) is 0.0189. The van der Waals surface area contributed by atoms with Crippen LogP contribution in [0.1, 0.15) is 28.4 Å². The van der Waals surface area contributed by atoms with Gasteiger partial charge in [-0.2, -0.15) is 0 Å². The Morgan fingerprint density at radius 2 is 2.10 bits per heavy atom. The number of benzene rings is 1. The summed E-state index contributed by atoms with van der Waals surface area (Å²) >= 11 is 0. The van der Waals surface area contributed by atoms with Crippen LogP contribution in [0.3, 0.4) is 0 Å². The van der Waals surface area contributed by atoms with Gasteiger partial charge in [-0.05, 0) is 30.2 Å². The fraction of sp³-hybridized carbons (Fsp3) is 0.562. The first-order valence-corrected chi connectivity index (χ1v) is 7.66. The van der Waals surface area contributed by atoms with E-state index in [1.54, 1.807) is 0 Å². The van der Waals surface area contributed by atoms with Gasteiger partial charge < -0.3 is 15.4 Å². The lowest BCUT2D eigenvalue weighted by Crippen LogP contribution is -2.46. The van der Waals surface area contributed by atoms with Crippen LogP contribution in [0.4, 0.5) is 0 Å². The number of rotatable bonds is 4. The molecule has 0 saturated carbocycles. The predicted molar refractivity (Wildman–Crippen MR) is 81.2 cm³/mol. The second-order valence-electron chi connectivity index (χ2n) is 5.87. The van der Waals surface area contributed by atoms with E-state index in [0.29, 0.717) is 0 Å². The summed E-state index contributed by atoms with van der Waals surface area (Å²) in [6, 6.07) is 6.12. The molecule has 1 aromatic carbocycles. The molecule has 1 atom stereocenters. The predicted octanol–water partition coefficient (Wildman–Crippen LogP) is 0.740. The van der Waals surface area contributed by atoms with E-state index in [1.807, 2.05) is 12.1 Å². The quantitative estimate of drug-likeness (QED) is 0.858. The van der Waals surface area contributed by atoms with Gasteiger partial charge in [-0.3, -0.25) is 9.69 Å². The molecule has 3 rings (SSSR count). The number of carbonyl (C=O) groups excluding carboxylic acids is 1. The van der Waals surface area contributed by atoms with Crippen molar-refractivity contribution in [2.24, 2.45) is 0 Å². The molecular weight excluding hydrogens is 266 g/mol. The van der Waals surface area contributed by atoms with Gasteiger partial charge >= 0.3 is 0 Å². The van der Waals surface area contributed by atoms with Crippen molar-refractivity contribution in [2.75, 3.05) is 32.8 Å². The van der Waals surface area contributed by atoms with Crippen LogP contribution in [-0.2, 0) is 17.8 Å². The van der Waals surface area contributed by atoms with Gasteiger partial charge in [0, 0.05) is 44.3 Å². The third kappa shape index (κ3) is 3.61. The molecule has 21 heavy (non-hydrogen) atoms. The number of amides is 1. The summed E-state index contributed by atoms with van der Waals surface area (Å²) in [7, 11) is 0. The normalized spacial score (nSPS) is 20.0. The maximum atomic E-state index is 12.3. The molecule has 1 saturated heterocycles. The molecule has 5 heteroatoms. The van der Waals surface area contributed by atoms with Crippen molar-refractivity contribution < 1.29 is 9.53 Å². The Morgan fingerprint density at radius 1 is 1.33 bits per heavy atom. The largest absolute Gasteiger partial charge is 0.379 e. The summed E-state index contributed by atoms with van der Waals surface area (Å²) in [4.78, 5) is 14.7. The molecule has 1 amide bonds. The van der Waals surface area contributed by atoms with E-state index in [9.17, 15) is 4.79 Å². The second-order valence-corrected chi connectivity index (χ2v) is 5.87. The fourth-order valence-electron chi connectivity index (χ4n) is 2.96.